The fraction of sp³-hybridized carbons (Fsp3) is 0.538. The molecule has 6 nitrogen and oxygen atoms in total. The highest BCUT2D eigenvalue weighted by molar-refractivity contribution is 5.85. The highest BCUT2D eigenvalue weighted by Crippen LogP contribution is 2.00. The van der Waals surface area contributed by atoms with E-state index in [1.807, 2.05) is 6.07 Å². The number of ether oxygens (including phenoxy) is 1. The van der Waals surface area contributed by atoms with E-state index >= 15 is 0 Å². The van der Waals surface area contributed by atoms with E-state index in [0.717, 1.165) is 17.0 Å². The molecule has 0 spiro atoms. The molecule has 1 unspecified atom stereocenters. The lowest BCUT2D eigenvalue weighted by Crippen LogP contribution is -3.18. The summed E-state index contributed by atoms with van der Waals surface area (Å²) in [5.74, 6) is -0.410. The van der Waals surface area contributed by atoms with Gasteiger partial charge in [0.2, 0.25) is 0 Å². The molecule has 104 valence electrons. The van der Waals surface area contributed by atoms with Gasteiger partial charge >= 0.3 is 5.97 Å². The summed E-state index contributed by atoms with van der Waals surface area (Å²) in [5, 5.41) is 2.80. The maximum atomic E-state index is 11.9. The first-order valence-electron chi connectivity index (χ1n) is 6.49. The first-order valence-corrected chi connectivity index (χ1v) is 6.49. The lowest BCUT2D eigenvalue weighted by Gasteiger charge is -2.31. The average Bonchev–Trinajstić information content (AvgIpc) is 2.87. The second-order valence-corrected chi connectivity index (χ2v) is 4.57. The minimum Gasteiger partial charge on any atom is -0.472 e. The van der Waals surface area contributed by atoms with Crippen LogP contribution in [0, 0.1) is 0 Å². The zero-order valence-electron chi connectivity index (χ0n) is 11.0. The molecule has 1 aliphatic heterocycles. The molecule has 2 rings (SSSR count). The Hall–Kier alpha value is -1.82. The molecular formula is C13H19N2O4+. The normalized spacial score (nSPS) is 22.9. The molecule has 0 saturated carbocycles. The smallest absolute Gasteiger partial charge is 0.312 e. The summed E-state index contributed by atoms with van der Waals surface area (Å²) in [5.41, 5.74) is 1.03. The van der Waals surface area contributed by atoms with Gasteiger partial charge in [0, 0.05) is 5.56 Å². The van der Waals surface area contributed by atoms with Gasteiger partial charge in [-0.3, -0.25) is 9.59 Å². The Morgan fingerprint density at radius 1 is 1.63 bits per heavy atom. The molecule has 6 heteroatoms. The Labute approximate surface area is 111 Å². The summed E-state index contributed by atoms with van der Waals surface area (Å²) in [7, 11) is 0. The van der Waals surface area contributed by atoms with E-state index in [0.29, 0.717) is 19.7 Å². The standard InChI is InChI=1S/C13H18N2O4/c1-2-19-12(16)7-11-13(17)14-4-5-15(11)8-10-3-6-18-9-10/h3,6,9,11H,2,4-5,7-8H2,1H3,(H,14,17)/p+1/t11-/m0/s1. The van der Waals surface area contributed by atoms with E-state index in [9.17, 15) is 9.59 Å². The van der Waals surface area contributed by atoms with E-state index in [-0.39, 0.29) is 24.3 Å². The number of carbonyl (C=O) groups excluding carboxylic acids is 2. The molecule has 1 aromatic rings. The maximum absolute atomic E-state index is 11.9. The first-order chi connectivity index (χ1) is 9.20. The van der Waals surface area contributed by atoms with Crippen molar-refractivity contribution >= 4 is 11.9 Å². The molecule has 1 aromatic heterocycles. The van der Waals surface area contributed by atoms with E-state index < -0.39 is 0 Å². The minimum atomic E-state index is -0.386. The van der Waals surface area contributed by atoms with Crippen molar-refractivity contribution in [1.29, 1.82) is 0 Å². The lowest BCUT2D eigenvalue weighted by atomic mass is 10.1. The van der Waals surface area contributed by atoms with Gasteiger partial charge in [-0.25, -0.2) is 0 Å². The third-order valence-electron chi connectivity index (χ3n) is 3.24. The molecular weight excluding hydrogens is 248 g/mol. The zero-order chi connectivity index (χ0) is 13.7. The minimum absolute atomic E-state index is 0.0854. The van der Waals surface area contributed by atoms with E-state index in [1.165, 1.54) is 0 Å². The fourth-order valence-electron chi connectivity index (χ4n) is 2.32. The maximum Gasteiger partial charge on any atom is 0.312 e. The van der Waals surface area contributed by atoms with Crippen molar-refractivity contribution in [3.05, 3.63) is 24.2 Å². The van der Waals surface area contributed by atoms with Crippen LogP contribution in [-0.2, 0) is 20.9 Å². The number of amides is 1. The Morgan fingerprint density at radius 2 is 2.47 bits per heavy atom. The monoisotopic (exact) mass is 267 g/mol. The Balaban J connectivity index is 2.01. The van der Waals surface area contributed by atoms with Crippen LogP contribution in [0.4, 0.5) is 0 Å². The van der Waals surface area contributed by atoms with Crippen LogP contribution in [0.2, 0.25) is 0 Å². The van der Waals surface area contributed by atoms with Gasteiger partial charge in [-0.1, -0.05) is 0 Å². The highest BCUT2D eigenvalue weighted by atomic mass is 16.5. The number of nitrogens with one attached hydrogen (secondary N) is 2. The number of piperazine rings is 1. The molecule has 19 heavy (non-hydrogen) atoms. The number of esters is 1. The van der Waals surface area contributed by atoms with E-state index in [2.05, 4.69) is 5.32 Å². The molecule has 0 radical (unpaired) electrons. The molecule has 1 amide bonds. The van der Waals surface area contributed by atoms with Crippen molar-refractivity contribution < 1.29 is 23.6 Å². The molecule has 2 atom stereocenters. The average molecular weight is 267 g/mol. The fourth-order valence-corrected chi connectivity index (χ4v) is 2.32. The van der Waals surface area contributed by atoms with Gasteiger partial charge in [0.05, 0.1) is 32.2 Å². The summed E-state index contributed by atoms with van der Waals surface area (Å²) < 4.78 is 9.96. The first kappa shape index (κ1) is 13.6. The van der Waals surface area contributed by atoms with Crippen LogP contribution in [0.5, 0.6) is 0 Å². The van der Waals surface area contributed by atoms with Gasteiger partial charge in [-0.15, -0.1) is 0 Å². The number of rotatable bonds is 5. The van der Waals surface area contributed by atoms with Gasteiger partial charge in [-0.2, -0.15) is 0 Å². The number of hydrogen-bond acceptors (Lipinski definition) is 4. The van der Waals surface area contributed by atoms with Crippen LogP contribution < -0.4 is 10.2 Å². The molecule has 0 aromatic carbocycles. The van der Waals surface area contributed by atoms with Crippen molar-refractivity contribution in [2.24, 2.45) is 0 Å². The Kier molecular flexibility index (Phi) is 4.57. The quantitative estimate of drug-likeness (QED) is 0.679. The third-order valence-corrected chi connectivity index (χ3v) is 3.24. The van der Waals surface area contributed by atoms with Crippen molar-refractivity contribution in [2.45, 2.75) is 25.9 Å². The summed E-state index contributed by atoms with van der Waals surface area (Å²) >= 11 is 0. The van der Waals surface area contributed by atoms with Crippen LogP contribution in [0.15, 0.2) is 23.0 Å². The molecule has 2 heterocycles. The summed E-state index contributed by atoms with van der Waals surface area (Å²) in [4.78, 5) is 24.5. The van der Waals surface area contributed by atoms with Crippen LogP contribution >= 0.6 is 0 Å². The molecule has 1 aliphatic rings. The Morgan fingerprint density at radius 3 is 3.16 bits per heavy atom. The van der Waals surface area contributed by atoms with E-state index in [1.54, 1.807) is 19.5 Å². The predicted octanol–water partition coefficient (Wildman–Crippen LogP) is -0.884. The topological polar surface area (TPSA) is 73.0 Å². The largest absolute Gasteiger partial charge is 0.472 e. The van der Waals surface area contributed by atoms with E-state index in [4.69, 9.17) is 9.15 Å². The van der Waals surface area contributed by atoms with Gasteiger partial charge in [0.1, 0.15) is 13.0 Å². The van der Waals surface area contributed by atoms with Gasteiger partial charge < -0.3 is 19.4 Å². The third kappa shape index (κ3) is 3.57. The molecule has 1 fully saturated rings. The lowest BCUT2D eigenvalue weighted by molar-refractivity contribution is -0.930. The Bertz CT molecular complexity index is 430. The van der Waals surface area contributed by atoms with Crippen LogP contribution in [0.25, 0.3) is 0 Å². The summed E-state index contributed by atoms with van der Waals surface area (Å²) in [6.45, 7) is 4.19. The van der Waals surface area contributed by atoms with Crippen molar-refractivity contribution in [3.63, 3.8) is 0 Å². The van der Waals surface area contributed by atoms with Crippen LogP contribution in [0.1, 0.15) is 18.9 Å². The van der Waals surface area contributed by atoms with Crippen molar-refractivity contribution in [1.82, 2.24) is 5.32 Å². The predicted molar refractivity (Wildman–Crippen MR) is 66.3 cm³/mol. The number of quaternary nitrogens is 1. The van der Waals surface area contributed by atoms with Crippen LogP contribution in [-0.4, -0.2) is 37.6 Å². The SMILES string of the molecule is CCOC(=O)C[C@H]1C(=O)NCC[NH+]1Cc1ccoc1. The molecule has 0 aliphatic carbocycles. The van der Waals surface area contributed by atoms with Crippen LogP contribution in [0.3, 0.4) is 0 Å². The number of carbonyl (C=O) groups is 2. The summed E-state index contributed by atoms with van der Waals surface area (Å²) in [6.07, 6.45) is 3.40. The van der Waals surface area contributed by atoms with Gasteiger partial charge in [-0.05, 0) is 13.0 Å². The molecule has 2 N–H and O–H groups in total. The molecule has 1 saturated heterocycles. The second-order valence-electron chi connectivity index (χ2n) is 4.57. The highest BCUT2D eigenvalue weighted by Gasteiger charge is 2.35. The second kappa shape index (κ2) is 6.38. The molecule has 0 bridgehead atoms. The zero-order valence-corrected chi connectivity index (χ0v) is 11.0. The number of furan rings is 1. The van der Waals surface area contributed by atoms with Gasteiger partial charge in [0.25, 0.3) is 5.91 Å². The van der Waals surface area contributed by atoms with Crippen molar-refractivity contribution in [2.75, 3.05) is 19.7 Å². The summed E-state index contributed by atoms with van der Waals surface area (Å²) in [6, 6.07) is 1.49. The number of hydrogen-bond donors (Lipinski definition) is 2. The van der Waals surface area contributed by atoms with Gasteiger partial charge in [0.15, 0.2) is 6.04 Å². The van der Waals surface area contributed by atoms with Crippen molar-refractivity contribution in [3.8, 4) is 0 Å².